The lowest BCUT2D eigenvalue weighted by Crippen LogP contribution is -2.52. The van der Waals surface area contributed by atoms with Crippen molar-refractivity contribution in [3.63, 3.8) is 0 Å². The number of aryl methyl sites for hydroxylation is 1. The zero-order valence-electron chi connectivity index (χ0n) is 11.8. The third-order valence-electron chi connectivity index (χ3n) is 3.39. The van der Waals surface area contributed by atoms with Gasteiger partial charge in [-0.05, 0) is 13.0 Å². The van der Waals surface area contributed by atoms with Crippen molar-refractivity contribution in [3.05, 3.63) is 28.3 Å². The Bertz CT molecular complexity index is 708. The smallest absolute Gasteiger partial charge is 0.328 e. The van der Waals surface area contributed by atoms with E-state index in [4.69, 9.17) is 9.15 Å². The summed E-state index contributed by atoms with van der Waals surface area (Å²) >= 11 is 1.49. The van der Waals surface area contributed by atoms with Gasteiger partial charge < -0.3 is 19.2 Å². The van der Waals surface area contributed by atoms with Crippen LogP contribution in [0.3, 0.4) is 0 Å². The molecular formula is C14H14N2O5S. The van der Waals surface area contributed by atoms with Crippen molar-refractivity contribution in [2.45, 2.75) is 13.0 Å². The first-order valence-corrected chi connectivity index (χ1v) is 7.57. The largest absolute Gasteiger partial charge is 0.480 e. The number of carboxylic acid groups (broad SMARTS) is 1. The van der Waals surface area contributed by atoms with Crippen LogP contribution in [-0.2, 0) is 9.53 Å². The standard InChI is InChI=1S/C14H14N2O5S/c1-8-15-10(7-22-8)12-4-9(5-21-12)13(17)16-2-3-20-6-11(16)14(18)19/h4-5,7,11H,2-3,6H2,1H3,(H,18,19). The number of furan rings is 1. The molecule has 1 fully saturated rings. The van der Waals surface area contributed by atoms with Crippen LogP contribution in [-0.4, -0.2) is 52.7 Å². The third kappa shape index (κ3) is 2.75. The van der Waals surface area contributed by atoms with Gasteiger partial charge in [-0.25, -0.2) is 9.78 Å². The lowest BCUT2D eigenvalue weighted by Gasteiger charge is -2.32. The Labute approximate surface area is 130 Å². The highest BCUT2D eigenvalue weighted by atomic mass is 32.1. The minimum atomic E-state index is -1.08. The van der Waals surface area contributed by atoms with E-state index in [0.717, 1.165) is 5.01 Å². The van der Waals surface area contributed by atoms with E-state index < -0.39 is 12.0 Å². The zero-order valence-corrected chi connectivity index (χ0v) is 12.6. The summed E-state index contributed by atoms with van der Waals surface area (Å²) in [5.41, 5.74) is 0.979. The predicted molar refractivity (Wildman–Crippen MR) is 77.8 cm³/mol. The van der Waals surface area contributed by atoms with Gasteiger partial charge in [0.05, 0.1) is 23.8 Å². The van der Waals surface area contributed by atoms with Gasteiger partial charge in [0.1, 0.15) is 12.0 Å². The average Bonchev–Trinajstić information content (AvgIpc) is 3.15. The molecule has 0 spiro atoms. The molecule has 0 aromatic carbocycles. The minimum absolute atomic E-state index is 0.00291. The van der Waals surface area contributed by atoms with Gasteiger partial charge in [0, 0.05) is 11.9 Å². The SMILES string of the molecule is Cc1nc(-c2cc(C(=O)N3CCOCC3C(=O)O)co2)cs1. The van der Waals surface area contributed by atoms with E-state index in [-0.39, 0.29) is 19.1 Å². The van der Waals surface area contributed by atoms with Gasteiger partial charge >= 0.3 is 5.97 Å². The summed E-state index contributed by atoms with van der Waals surface area (Å²) in [6, 6.07) is 0.617. The molecule has 1 aliphatic rings. The molecule has 2 aromatic rings. The highest BCUT2D eigenvalue weighted by Gasteiger charge is 2.33. The maximum Gasteiger partial charge on any atom is 0.328 e. The fourth-order valence-electron chi connectivity index (χ4n) is 2.28. The minimum Gasteiger partial charge on any atom is -0.480 e. The summed E-state index contributed by atoms with van der Waals surface area (Å²) < 4.78 is 10.5. The lowest BCUT2D eigenvalue weighted by molar-refractivity contribution is -0.147. The van der Waals surface area contributed by atoms with Gasteiger partial charge in [0.15, 0.2) is 11.8 Å². The summed E-state index contributed by atoms with van der Waals surface area (Å²) in [5.74, 6) is -0.961. The highest BCUT2D eigenvalue weighted by molar-refractivity contribution is 7.09. The molecular weight excluding hydrogens is 308 g/mol. The number of carbonyl (C=O) groups excluding carboxylic acids is 1. The number of ether oxygens (including phenoxy) is 1. The first-order valence-electron chi connectivity index (χ1n) is 6.69. The van der Waals surface area contributed by atoms with Crippen molar-refractivity contribution in [2.24, 2.45) is 0 Å². The van der Waals surface area contributed by atoms with Gasteiger partial charge in [-0.15, -0.1) is 11.3 Å². The van der Waals surface area contributed by atoms with E-state index in [1.54, 1.807) is 6.07 Å². The van der Waals surface area contributed by atoms with Crippen LogP contribution in [0.15, 0.2) is 22.1 Å². The van der Waals surface area contributed by atoms with Crippen molar-refractivity contribution in [1.29, 1.82) is 0 Å². The number of hydrogen-bond acceptors (Lipinski definition) is 6. The quantitative estimate of drug-likeness (QED) is 0.923. The monoisotopic (exact) mass is 322 g/mol. The van der Waals surface area contributed by atoms with E-state index in [0.29, 0.717) is 23.6 Å². The number of nitrogens with zero attached hydrogens (tertiary/aromatic N) is 2. The maximum absolute atomic E-state index is 12.5. The van der Waals surface area contributed by atoms with Crippen molar-refractivity contribution < 1.29 is 23.8 Å². The molecule has 8 heteroatoms. The van der Waals surface area contributed by atoms with Gasteiger partial charge in [-0.1, -0.05) is 0 Å². The molecule has 0 radical (unpaired) electrons. The molecule has 7 nitrogen and oxygen atoms in total. The second-order valence-electron chi connectivity index (χ2n) is 4.88. The fraction of sp³-hybridized carbons (Fsp3) is 0.357. The first kappa shape index (κ1) is 14.7. The van der Waals surface area contributed by atoms with Crippen molar-refractivity contribution >= 4 is 23.2 Å². The van der Waals surface area contributed by atoms with Gasteiger partial charge in [-0.3, -0.25) is 4.79 Å². The number of carboxylic acids is 1. The van der Waals surface area contributed by atoms with Crippen molar-refractivity contribution in [2.75, 3.05) is 19.8 Å². The number of morpholine rings is 1. The number of amides is 1. The fourth-order valence-corrected chi connectivity index (χ4v) is 2.88. The summed E-state index contributed by atoms with van der Waals surface area (Å²) in [5, 5.41) is 11.9. The van der Waals surface area contributed by atoms with Crippen LogP contribution in [0.1, 0.15) is 15.4 Å². The molecule has 2 aromatic heterocycles. The molecule has 3 rings (SSSR count). The number of thiazole rings is 1. The van der Waals surface area contributed by atoms with Crippen LogP contribution in [0.2, 0.25) is 0 Å². The summed E-state index contributed by atoms with van der Waals surface area (Å²) in [4.78, 5) is 29.3. The molecule has 0 aliphatic carbocycles. The van der Waals surface area contributed by atoms with E-state index in [9.17, 15) is 14.7 Å². The Morgan fingerprint density at radius 2 is 2.32 bits per heavy atom. The molecule has 0 bridgehead atoms. The van der Waals surface area contributed by atoms with Crippen LogP contribution in [0.4, 0.5) is 0 Å². The number of aliphatic carboxylic acids is 1. The molecule has 1 amide bonds. The van der Waals surface area contributed by atoms with E-state index in [1.165, 1.54) is 22.5 Å². The topological polar surface area (TPSA) is 92.9 Å². The van der Waals surface area contributed by atoms with Crippen LogP contribution in [0, 0.1) is 6.92 Å². The number of hydrogen-bond donors (Lipinski definition) is 1. The molecule has 1 atom stereocenters. The normalized spacial score (nSPS) is 18.4. The van der Waals surface area contributed by atoms with Crippen LogP contribution in [0.25, 0.3) is 11.5 Å². The molecule has 3 heterocycles. The third-order valence-corrected chi connectivity index (χ3v) is 4.17. The molecule has 1 aliphatic heterocycles. The van der Waals surface area contributed by atoms with E-state index in [1.807, 2.05) is 12.3 Å². The van der Waals surface area contributed by atoms with Crippen molar-refractivity contribution in [1.82, 2.24) is 9.88 Å². The Morgan fingerprint density at radius 3 is 3.00 bits per heavy atom. The Kier molecular flexibility index (Phi) is 3.95. The molecule has 1 N–H and O–H groups in total. The van der Waals surface area contributed by atoms with Gasteiger partial charge in [0.25, 0.3) is 5.91 Å². The molecule has 0 saturated carbocycles. The summed E-state index contributed by atoms with van der Waals surface area (Å²) in [6.45, 7) is 2.45. The number of rotatable bonds is 3. The Morgan fingerprint density at radius 1 is 1.50 bits per heavy atom. The first-order chi connectivity index (χ1) is 10.6. The molecule has 116 valence electrons. The Balaban J connectivity index is 1.83. The Hall–Kier alpha value is -2.19. The average molecular weight is 322 g/mol. The van der Waals surface area contributed by atoms with Crippen LogP contribution >= 0.6 is 11.3 Å². The molecule has 1 unspecified atom stereocenters. The second-order valence-corrected chi connectivity index (χ2v) is 5.94. The predicted octanol–water partition coefficient (Wildman–Crippen LogP) is 1.64. The van der Waals surface area contributed by atoms with Crippen LogP contribution < -0.4 is 0 Å². The summed E-state index contributed by atoms with van der Waals surface area (Å²) in [7, 11) is 0. The zero-order chi connectivity index (χ0) is 15.7. The molecule has 22 heavy (non-hydrogen) atoms. The molecule has 1 saturated heterocycles. The van der Waals surface area contributed by atoms with E-state index >= 15 is 0 Å². The summed E-state index contributed by atoms with van der Waals surface area (Å²) in [6.07, 6.45) is 1.33. The van der Waals surface area contributed by atoms with Gasteiger partial charge in [-0.2, -0.15) is 0 Å². The number of carbonyl (C=O) groups is 2. The lowest BCUT2D eigenvalue weighted by atomic mass is 10.2. The highest BCUT2D eigenvalue weighted by Crippen LogP contribution is 2.25. The van der Waals surface area contributed by atoms with E-state index in [2.05, 4.69) is 4.98 Å². The van der Waals surface area contributed by atoms with Crippen molar-refractivity contribution in [3.8, 4) is 11.5 Å². The second kappa shape index (κ2) is 5.90. The van der Waals surface area contributed by atoms with Crippen LogP contribution in [0.5, 0.6) is 0 Å². The van der Waals surface area contributed by atoms with Gasteiger partial charge in [0.2, 0.25) is 0 Å². The maximum atomic E-state index is 12.5. The number of aromatic nitrogens is 1.